The Labute approximate surface area is 250 Å². The number of amides is 2. The average Bonchev–Trinajstić information content (AvgIpc) is 3.44. The number of alkyl halides is 3. The summed E-state index contributed by atoms with van der Waals surface area (Å²) in [6.45, 7) is 1.31. The van der Waals surface area contributed by atoms with Crippen LogP contribution in [0.25, 0.3) is 11.1 Å². The van der Waals surface area contributed by atoms with Gasteiger partial charge in [-0.25, -0.2) is 12.8 Å². The smallest absolute Gasteiger partial charge is 0.497 e. The highest BCUT2D eigenvalue weighted by Crippen LogP contribution is 2.34. The predicted molar refractivity (Wildman–Crippen MR) is 151 cm³/mol. The van der Waals surface area contributed by atoms with E-state index in [1.165, 1.54) is 26.2 Å². The number of carboxylic acid groups (broad SMARTS) is 1. The zero-order valence-corrected chi connectivity index (χ0v) is 24.3. The van der Waals surface area contributed by atoms with E-state index in [2.05, 4.69) is 10.6 Å². The second-order valence-electron chi connectivity index (χ2n) is 10.3. The van der Waals surface area contributed by atoms with E-state index in [-0.39, 0.29) is 22.4 Å². The SMILES string of the molecule is COc1ccc(-c2cc(C(=O)NC3CCCC3C(=O)Nc3cccc(S(=O)(=O)C(F)(F)F)c3)c(C(C)C(=O)O)cc2F)cc1. The van der Waals surface area contributed by atoms with Crippen LogP contribution >= 0.6 is 0 Å². The molecule has 3 N–H and O–H groups in total. The van der Waals surface area contributed by atoms with Gasteiger partial charge in [0.25, 0.3) is 15.7 Å². The van der Waals surface area contributed by atoms with Crippen LogP contribution in [0.2, 0.25) is 0 Å². The number of benzene rings is 3. The number of carbonyl (C=O) groups excluding carboxylic acids is 2. The third-order valence-corrected chi connectivity index (χ3v) is 8.99. The molecule has 3 unspecified atom stereocenters. The molecule has 234 valence electrons. The van der Waals surface area contributed by atoms with Crippen LogP contribution in [0, 0.1) is 11.7 Å². The average molecular weight is 637 g/mol. The first kappa shape index (κ1) is 32.5. The molecular formula is C30H28F4N2O7S. The number of nitrogens with one attached hydrogen (secondary N) is 2. The van der Waals surface area contributed by atoms with Crippen molar-refractivity contribution in [1.29, 1.82) is 0 Å². The standard InChI is InChI=1S/C30H28F4N2O7S/c1-16(29(39)40)22-15-25(31)23(17-9-11-19(43-2)12-10-17)14-24(22)28(38)36-26-8-4-7-21(26)27(37)35-18-5-3-6-20(13-18)44(41,42)30(32,33)34/h3,5-6,9-16,21,26H,4,7-8H2,1-2H3,(H,35,37)(H,36,38)(H,39,40). The molecule has 0 aliphatic heterocycles. The number of carboxylic acids is 1. The molecule has 0 bridgehead atoms. The van der Waals surface area contributed by atoms with Crippen molar-refractivity contribution in [1.82, 2.24) is 5.32 Å². The van der Waals surface area contributed by atoms with E-state index in [1.807, 2.05) is 0 Å². The minimum absolute atomic E-state index is 0.0357. The Morgan fingerprint density at radius 2 is 1.70 bits per heavy atom. The molecule has 3 atom stereocenters. The van der Waals surface area contributed by atoms with Crippen molar-refractivity contribution >= 4 is 33.3 Å². The lowest BCUT2D eigenvalue weighted by Crippen LogP contribution is -2.42. The lowest BCUT2D eigenvalue weighted by molar-refractivity contribution is -0.138. The normalized spacial score (nSPS) is 17.5. The minimum atomic E-state index is -5.64. The summed E-state index contributed by atoms with van der Waals surface area (Å²) in [7, 11) is -4.18. The van der Waals surface area contributed by atoms with Gasteiger partial charge in [-0.3, -0.25) is 14.4 Å². The van der Waals surface area contributed by atoms with Gasteiger partial charge in [-0.15, -0.1) is 0 Å². The fourth-order valence-electron chi connectivity index (χ4n) is 5.07. The van der Waals surface area contributed by atoms with Crippen LogP contribution in [-0.2, 0) is 19.4 Å². The second kappa shape index (κ2) is 12.6. The molecule has 9 nitrogen and oxygen atoms in total. The van der Waals surface area contributed by atoms with Crippen molar-refractivity contribution in [3.05, 3.63) is 77.6 Å². The molecule has 1 saturated carbocycles. The number of hydrogen-bond donors (Lipinski definition) is 3. The van der Waals surface area contributed by atoms with Crippen LogP contribution in [0.5, 0.6) is 5.75 Å². The van der Waals surface area contributed by atoms with Crippen LogP contribution in [0.15, 0.2) is 65.6 Å². The molecule has 14 heteroatoms. The van der Waals surface area contributed by atoms with E-state index in [4.69, 9.17) is 4.74 Å². The van der Waals surface area contributed by atoms with E-state index in [0.29, 0.717) is 36.6 Å². The lowest BCUT2D eigenvalue weighted by Gasteiger charge is -2.22. The number of halogens is 4. The monoisotopic (exact) mass is 636 g/mol. The molecule has 3 aromatic rings. The lowest BCUT2D eigenvalue weighted by atomic mass is 9.90. The summed E-state index contributed by atoms with van der Waals surface area (Å²) in [5, 5.41) is 14.8. The number of carbonyl (C=O) groups is 3. The minimum Gasteiger partial charge on any atom is -0.497 e. The number of ether oxygens (including phenoxy) is 1. The third-order valence-electron chi connectivity index (χ3n) is 7.51. The molecule has 1 fully saturated rings. The first-order valence-electron chi connectivity index (χ1n) is 13.4. The van der Waals surface area contributed by atoms with E-state index >= 15 is 4.39 Å². The Morgan fingerprint density at radius 1 is 1.02 bits per heavy atom. The summed E-state index contributed by atoms with van der Waals surface area (Å²) in [6.07, 6.45) is 1.16. The van der Waals surface area contributed by atoms with E-state index < -0.39 is 61.7 Å². The molecule has 4 rings (SSSR count). The third kappa shape index (κ3) is 6.69. The highest BCUT2D eigenvalue weighted by molar-refractivity contribution is 7.92. The topological polar surface area (TPSA) is 139 Å². The summed E-state index contributed by atoms with van der Waals surface area (Å²) in [5.41, 5.74) is -5.46. The van der Waals surface area contributed by atoms with Crippen molar-refractivity contribution in [2.24, 2.45) is 5.92 Å². The predicted octanol–water partition coefficient (Wildman–Crippen LogP) is 5.52. The Morgan fingerprint density at radius 3 is 2.32 bits per heavy atom. The van der Waals surface area contributed by atoms with Gasteiger partial charge in [0.1, 0.15) is 11.6 Å². The van der Waals surface area contributed by atoms with Crippen LogP contribution in [-0.4, -0.2) is 50.0 Å². The second-order valence-corrected chi connectivity index (χ2v) is 12.2. The van der Waals surface area contributed by atoms with Crippen LogP contribution in [0.1, 0.15) is 48.0 Å². The van der Waals surface area contributed by atoms with Gasteiger partial charge in [0.15, 0.2) is 0 Å². The molecule has 2 amide bonds. The van der Waals surface area contributed by atoms with Gasteiger partial charge in [-0.05, 0) is 73.4 Å². The Bertz CT molecular complexity index is 1690. The highest BCUT2D eigenvalue weighted by Gasteiger charge is 2.47. The fraction of sp³-hybridized carbons (Fsp3) is 0.300. The number of aliphatic carboxylic acids is 1. The van der Waals surface area contributed by atoms with Crippen molar-refractivity contribution in [2.75, 3.05) is 12.4 Å². The quantitative estimate of drug-likeness (QED) is 0.263. The number of hydrogen-bond acceptors (Lipinski definition) is 6. The Hall–Kier alpha value is -4.46. The summed E-state index contributed by atoms with van der Waals surface area (Å²) in [5.74, 6) is -5.02. The van der Waals surface area contributed by atoms with Gasteiger partial charge in [-0.1, -0.05) is 24.6 Å². The first-order chi connectivity index (χ1) is 20.6. The molecule has 1 aliphatic rings. The van der Waals surface area contributed by atoms with Crippen molar-refractivity contribution < 1.29 is 50.2 Å². The molecule has 3 aromatic carbocycles. The van der Waals surface area contributed by atoms with Gasteiger partial charge < -0.3 is 20.5 Å². The van der Waals surface area contributed by atoms with E-state index in [9.17, 15) is 41.1 Å². The summed E-state index contributed by atoms with van der Waals surface area (Å²) < 4.78 is 82.9. The van der Waals surface area contributed by atoms with Gasteiger partial charge in [0, 0.05) is 22.9 Å². The maximum Gasteiger partial charge on any atom is 0.501 e. The molecule has 0 heterocycles. The molecule has 0 spiro atoms. The molecule has 1 aliphatic carbocycles. The molecule has 0 saturated heterocycles. The zero-order chi connectivity index (χ0) is 32.4. The maximum absolute atomic E-state index is 15.2. The molecule has 0 aromatic heterocycles. The summed E-state index contributed by atoms with van der Waals surface area (Å²) >= 11 is 0. The van der Waals surface area contributed by atoms with E-state index in [0.717, 1.165) is 18.2 Å². The molecule has 44 heavy (non-hydrogen) atoms. The van der Waals surface area contributed by atoms with Gasteiger partial charge in [-0.2, -0.15) is 13.2 Å². The van der Waals surface area contributed by atoms with Gasteiger partial charge >= 0.3 is 11.5 Å². The number of methoxy groups -OCH3 is 1. The fourth-order valence-corrected chi connectivity index (χ4v) is 5.88. The number of anilines is 1. The van der Waals surface area contributed by atoms with Crippen molar-refractivity contribution in [2.45, 2.75) is 48.5 Å². The van der Waals surface area contributed by atoms with Gasteiger partial charge in [0.2, 0.25) is 5.91 Å². The summed E-state index contributed by atoms with van der Waals surface area (Å²) in [4.78, 5) is 37.4. The largest absolute Gasteiger partial charge is 0.501 e. The molecular weight excluding hydrogens is 608 g/mol. The van der Waals surface area contributed by atoms with Crippen LogP contribution in [0.3, 0.4) is 0 Å². The zero-order valence-electron chi connectivity index (χ0n) is 23.4. The number of rotatable bonds is 9. The molecule has 0 radical (unpaired) electrons. The van der Waals surface area contributed by atoms with Crippen molar-refractivity contribution in [3.63, 3.8) is 0 Å². The van der Waals surface area contributed by atoms with Crippen molar-refractivity contribution in [3.8, 4) is 16.9 Å². The Kier molecular flexibility index (Phi) is 9.33. The highest BCUT2D eigenvalue weighted by atomic mass is 32.2. The van der Waals surface area contributed by atoms with E-state index in [1.54, 1.807) is 24.3 Å². The van der Waals surface area contributed by atoms with Gasteiger partial charge in [0.05, 0.1) is 23.8 Å². The first-order valence-corrected chi connectivity index (χ1v) is 14.9. The maximum atomic E-state index is 15.2. The van der Waals surface area contributed by atoms with Crippen LogP contribution in [0.4, 0.5) is 23.2 Å². The Balaban J connectivity index is 1.60. The number of sulfone groups is 1. The summed E-state index contributed by atoms with van der Waals surface area (Å²) in [6, 6.07) is 11.6. The van der Waals surface area contributed by atoms with Crippen LogP contribution < -0.4 is 15.4 Å².